The van der Waals surface area contributed by atoms with Crippen molar-refractivity contribution in [3.05, 3.63) is 22.7 Å². The van der Waals surface area contributed by atoms with Gasteiger partial charge >= 0.3 is 0 Å². The fraction of sp³-hybridized carbons (Fsp3) is 0.611. The van der Waals surface area contributed by atoms with Gasteiger partial charge in [-0.15, -0.1) is 0 Å². The first-order valence-electron chi connectivity index (χ1n) is 8.64. The van der Waals surface area contributed by atoms with Crippen LogP contribution < -0.4 is 9.47 Å². The van der Waals surface area contributed by atoms with E-state index in [1.165, 1.54) is 0 Å². The molecule has 1 amide bonds. The van der Waals surface area contributed by atoms with Crippen LogP contribution in [0.25, 0.3) is 0 Å². The van der Waals surface area contributed by atoms with Gasteiger partial charge in [-0.25, -0.2) is 0 Å². The quantitative estimate of drug-likeness (QED) is 0.816. The summed E-state index contributed by atoms with van der Waals surface area (Å²) >= 11 is 6.30. The lowest BCUT2D eigenvalue weighted by molar-refractivity contribution is -0.131. The molecule has 0 N–H and O–H groups in total. The number of likely N-dealkylation sites (N-methyl/N-ethyl adjacent to an activating group) is 1. The largest absolute Gasteiger partial charge is 0.489 e. The number of halogens is 1. The first-order chi connectivity index (χ1) is 11.7. The van der Waals surface area contributed by atoms with E-state index in [9.17, 15) is 4.79 Å². The van der Waals surface area contributed by atoms with Crippen molar-refractivity contribution in [2.75, 3.05) is 32.9 Å². The number of benzene rings is 1. The lowest BCUT2D eigenvalue weighted by Crippen LogP contribution is -2.38. The predicted octanol–water partition coefficient (Wildman–Crippen LogP) is 3.07. The number of nitrogens with zero attached hydrogens (tertiary/aromatic N) is 1. The second kappa shape index (κ2) is 8.08. The van der Waals surface area contributed by atoms with Crippen LogP contribution in [0.4, 0.5) is 0 Å². The number of carbonyl (C=O) groups excluding carboxylic acids is 1. The van der Waals surface area contributed by atoms with E-state index in [1.54, 1.807) is 6.07 Å². The maximum absolute atomic E-state index is 12.6. The van der Waals surface area contributed by atoms with Crippen LogP contribution >= 0.6 is 11.6 Å². The van der Waals surface area contributed by atoms with Crippen molar-refractivity contribution in [3.63, 3.8) is 0 Å². The third-order valence-corrected chi connectivity index (χ3v) is 4.68. The highest BCUT2D eigenvalue weighted by molar-refractivity contribution is 6.32. The summed E-state index contributed by atoms with van der Waals surface area (Å²) in [7, 11) is 0. The summed E-state index contributed by atoms with van der Waals surface area (Å²) in [4.78, 5) is 14.5. The molecule has 132 valence electrons. The molecule has 2 aliphatic heterocycles. The topological polar surface area (TPSA) is 48.0 Å². The predicted molar refractivity (Wildman–Crippen MR) is 92.0 cm³/mol. The first kappa shape index (κ1) is 17.4. The molecular weight excluding hydrogens is 330 g/mol. The van der Waals surface area contributed by atoms with Crippen LogP contribution in [0.2, 0.25) is 5.02 Å². The van der Waals surface area contributed by atoms with Gasteiger partial charge in [0.1, 0.15) is 0 Å². The molecule has 2 heterocycles. The SMILES string of the molecule is CCN(CC1CCCO1)C(=O)Cc1cc(Cl)c2c(c1)OCCCO2. The van der Waals surface area contributed by atoms with Crippen molar-refractivity contribution >= 4 is 17.5 Å². The first-order valence-corrected chi connectivity index (χ1v) is 9.02. The summed E-state index contributed by atoms with van der Waals surface area (Å²) in [6.07, 6.45) is 3.40. The zero-order valence-electron chi connectivity index (χ0n) is 14.1. The number of rotatable bonds is 5. The van der Waals surface area contributed by atoms with Crippen molar-refractivity contribution in [1.82, 2.24) is 4.90 Å². The Morgan fingerprint density at radius 3 is 2.83 bits per heavy atom. The molecule has 6 heteroatoms. The van der Waals surface area contributed by atoms with Gasteiger partial charge in [-0.3, -0.25) is 4.79 Å². The maximum Gasteiger partial charge on any atom is 0.227 e. The number of hydrogen-bond donors (Lipinski definition) is 0. The van der Waals surface area contributed by atoms with E-state index in [2.05, 4.69) is 0 Å². The van der Waals surface area contributed by atoms with Gasteiger partial charge < -0.3 is 19.1 Å². The Labute approximate surface area is 147 Å². The van der Waals surface area contributed by atoms with Crippen molar-refractivity contribution in [3.8, 4) is 11.5 Å². The summed E-state index contributed by atoms with van der Waals surface area (Å²) in [6.45, 7) is 5.32. The molecule has 0 aliphatic carbocycles. The zero-order valence-corrected chi connectivity index (χ0v) is 14.8. The molecule has 1 fully saturated rings. The maximum atomic E-state index is 12.6. The number of hydrogen-bond acceptors (Lipinski definition) is 4. The Hall–Kier alpha value is -1.46. The van der Waals surface area contributed by atoms with Gasteiger partial charge in [0.05, 0.1) is 30.8 Å². The molecule has 0 bridgehead atoms. The van der Waals surface area contributed by atoms with Crippen molar-refractivity contribution in [2.45, 2.75) is 38.7 Å². The highest BCUT2D eigenvalue weighted by Gasteiger charge is 2.23. The molecule has 3 rings (SSSR count). The lowest BCUT2D eigenvalue weighted by Gasteiger charge is -2.24. The summed E-state index contributed by atoms with van der Waals surface area (Å²) in [6, 6.07) is 3.66. The molecule has 24 heavy (non-hydrogen) atoms. The van der Waals surface area contributed by atoms with Crippen LogP contribution in [0.15, 0.2) is 12.1 Å². The van der Waals surface area contributed by atoms with Gasteiger partial charge in [-0.1, -0.05) is 11.6 Å². The summed E-state index contributed by atoms with van der Waals surface area (Å²) in [5.41, 5.74) is 0.847. The molecule has 1 aromatic carbocycles. The lowest BCUT2D eigenvalue weighted by atomic mass is 10.1. The third-order valence-electron chi connectivity index (χ3n) is 4.40. The van der Waals surface area contributed by atoms with Crippen LogP contribution in [0, 0.1) is 0 Å². The minimum Gasteiger partial charge on any atom is -0.489 e. The fourth-order valence-corrected chi connectivity index (χ4v) is 3.40. The van der Waals surface area contributed by atoms with E-state index in [1.807, 2.05) is 17.9 Å². The molecule has 2 aliphatic rings. The Balaban J connectivity index is 1.68. The van der Waals surface area contributed by atoms with Gasteiger partial charge in [-0.2, -0.15) is 0 Å². The van der Waals surface area contributed by atoms with Gasteiger partial charge in [0.25, 0.3) is 0 Å². The van der Waals surface area contributed by atoms with Crippen molar-refractivity contribution in [1.29, 1.82) is 0 Å². The molecule has 0 saturated carbocycles. The Kier molecular flexibility index (Phi) is 5.85. The summed E-state index contributed by atoms with van der Waals surface area (Å²) < 4.78 is 17.0. The van der Waals surface area contributed by atoms with Gasteiger partial charge in [0.2, 0.25) is 5.91 Å². The molecule has 0 radical (unpaired) electrons. The smallest absolute Gasteiger partial charge is 0.227 e. The fourth-order valence-electron chi connectivity index (χ4n) is 3.11. The molecule has 0 aromatic heterocycles. The van der Waals surface area contributed by atoms with Crippen LogP contribution in [0.5, 0.6) is 11.5 Å². The molecule has 0 spiro atoms. The number of fused-ring (bicyclic) bond motifs is 1. The van der Waals surface area contributed by atoms with E-state index in [-0.39, 0.29) is 12.0 Å². The van der Waals surface area contributed by atoms with Gasteiger partial charge in [0.15, 0.2) is 11.5 Å². The normalized spacial score (nSPS) is 19.8. The van der Waals surface area contributed by atoms with Crippen LogP contribution in [0.1, 0.15) is 31.7 Å². The van der Waals surface area contributed by atoms with Gasteiger partial charge in [-0.05, 0) is 37.5 Å². The highest BCUT2D eigenvalue weighted by atomic mass is 35.5. The zero-order chi connectivity index (χ0) is 16.9. The van der Waals surface area contributed by atoms with E-state index in [0.717, 1.165) is 31.4 Å². The molecule has 5 nitrogen and oxygen atoms in total. The van der Waals surface area contributed by atoms with Crippen molar-refractivity contribution in [2.24, 2.45) is 0 Å². The number of carbonyl (C=O) groups is 1. The van der Waals surface area contributed by atoms with Crippen molar-refractivity contribution < 1.29 is 19.0 Å². The minimum absolute atomic E-state index is 0.0820. The molecular formula is C18H24ClNO4. The standard InChI is InChI=1S/C18H24ClNO4/c1-2-20(12-14-5-3-6-22-14)17(21)11-13-9-15(19)18-16(10-13)23-7-4-8-24-18/h9-10,14H,2-8,11-12H2,1H3. The Morgan fingerprint density at radius 2 is 2.08 bits per heavy atom. The molecule has 1 saturated heterocycles. The second-order valence-electron chi connectivity index (χ2n) is 6.20. The van der Waals surface area contributed by atoms with E-state index in [4.69, 9.17) is 25.8 Å². The Morgan fingerprint density at radius 1 is 1.25 bits per heavy atom. The molecule has 1 aromatic rings. The molecule has 1 unspecified atom stereocenters. The van der Waals surface area contributed by atoms with Crippen LogP contribution in [-0.2, 0) is 16.0 Å². The summed E-state index contributed by atoms with van der Waals surface area (Å²) in [5.74, 6) is 1.29. The number of amides is 1. The summed E-state index contributed by atoms with van der Waals surface area (Å²) in [5, 5.41) is 0.499. The monoisotopic (exact) mass is 353 g/mol. The van der Waals surface area contributed by atoms with E-state index >= 15 is 0 Å². The average Bonchev–Trinajstić information content (AvgIpc) is 2.96. The Bertz CT molecular complexity index is 587. The van der Waals surface area contributed by atoms with Crippen LogP contribution in [0.3, 0.4) is 0 Å². The second-order valence-corrected chi connectivity index (χ2v) is 6.61. The molecule has 1 atom stereocenters. The van der Waals surface area contributed by atoms with E-state index in [0.29, 0.717) is 49.2 Å². The van der Waals surface area contributed by atoms with Gasteiger partial charge in [0, 0.05) is 26.1 Å². The van der Waals surface area contributed by atoms with Crippen LogP contribution in [-0.4, -0.2) is 49.8 Å². The third kappa shape index (κ3) is 4.14. The minimum atomic E-state index is 0.0820. The average molecular weight is 354 g/mol. The van der Waals surface area contributed by atoms with E-state index < -0.39 is 0 Å². The number of ether oxygens (including phenoxy) is 3. The highest BCUT2D eigenvalue weighted by Crippen LogP contribution is 2.38.